The first-order valence-corrected chi connectivity index (χ1v) is 5.52. The normalized spacial score (nSPS) is 10.6. The third kappa shape index (κ3) is 2.22. The molecular weight excluding hydrogens is 222 g/mol. The lowest BCUT2D eigenvalue weighted by molar-refractivity contribution is 0.234. The Hall–Kier alpha value is -1.42. The minimum atomic E-state index is -0.215. The van der Waals surface area contributed by atoms with Gasteiger partial charge in [0.25, 0.3) is 5.24 Å². The molecule has 0 fully saturated rings. The summed E-state index contributed by atoms with van der Waals surface area (Å²) in [6.07, 6.45) is 2.53. The van der Waals surface area contributed by atoms with E-state index in [1.54, 1.807) is 18.2 Å². The SMILES string of the molecule is CN(CCc1coc2ccccc12)C(=O)S. The lowest BCUT2D eigenvalue weighted by Crippen LogP contribution is -2.23. The first-order chi connectivity index (χ1) is 7.68. The second-order valence-electron chi connectivity index (χ2n) is 3.71. The number of fused-ring (bicyclic) bond motifs is 1. The van der Waals surface area contributed by atoms with Crippen molar-refractivity contribution in [2.45, 2.75) is 6.42 Å². The van der Waals surface area contributed by atoms with Crippen LogP contribution < -0.4 is 0 Å². The van der Waals surface area contributed by atoms with E-state index in [1.165, 1.54) is 0 Å². The van der Waals surface area contributed by atoms with Crippen LogP contribution >= 0.6 is 12.6 Å². The molecule has 1 aromatic heterocycles. The molecule has 16 heavy (non-hydrogen) atoms. The molecule has 84 valence electrons. The second-order valence-corrected chi connectivity index (χ2v) is 4.09. The first-order valence-electron chi connectivity index (χ1n) is 5.07. The molecule has 0 unspecified atom stereocenters. The summed E-state index contributed by atoms with van der Waals surface area (Å²) in [7, 11) is 1.73. The van der Waals surface area contributed by atoms with E-state index in [1.807, 2.05) is 24.3 Å². The molecule has 2 rings (SSSR count). The Morgan fingerprint density at radius 2 is 2.19 bits per heavy atom. The summed E-state index contributed by atoms with van der Waals surface area (Å²) in [5.74, 6) is 0. The predicted molar refractivity (Wildman–Crippen MR) is 66.9 cm³/mol. The summed E-state index contributed by atoms with van der Waals surface area (Å²) in [4.78, 5) is 12.5. The van der Waals surface area contributed by atoms with Crippen molar-refractivity contribution in [2.24, 2.45) is 0 Å². The van der Waals surface area contributed by atoms with Gasteiger partial charge in [0.15, 0.2) is 0 Å². The number of hydrogen-bond donors (Lipinski definition) is 1. The van der Waals surface area contributed by atoms with Crippen LogP contribution in [0.2, 0.25) is 0 Å². The maximum Gasteiger partial charge on any atom is 0.278 e. The molecule has 0 aliphatic rings. The van der Waals surface area contributed by atoms with Crippen LogP contribution in [0.25, 0.3) is 11.0 Å². The average molecular weight is 235 g/mol. The molecule has 0 radical (unpaired) electrons. The van der Waals surface area contributed by atoms with Gasteiger partial charge < -0.3 is 9.32 Å². The number of hydrogen-bond acceptors (Lipinski definition) is 2. The van der Waals surface area contributed by atoms with Crippen LogP contribution in [0.1, 0.15) is 5.56 Å². The van der Waals surface area contributed by atoms with E-state index in [0.29, 0.717) is 6.54 Å². The van der Waals surface area contributed by atoms with Gasteiger partial charge in [-0.1, -0.05) is 30.8 Å². The van der Waals surface area contributed by atoms with Crippen LogP contribution in [-0.2, 0) is 6.42 Å². The Kier molecular flexibility index (Phi) is 3.19. The third-order valence-corrected chi connectivity index (χ3v) is 2.95. The lowest BCUT2D eigenvalue weighted by atomic mass is 10.1. The molecule has 1 aromatic carbocycles. The molecule has 0 N–H and O–H groups in total. The van der Waals surface area contributed by atoms with Gasteiger partial charge in [0.05, 0.1) is 6.26 Å². The van der Waals surface area contributed by atoms with Crippen molar-refractivity contribution in [1.82, 2.24) is 4.90 Å². The summed E-state index contributed by atoms with van der Waals surface area (Å²) < 4.78 is 5.42. The van der Waals surface area contributed by atoms with Crippen molar-refractivity contribution in [2.75, 3.05) is 13.6 Å². The van der Waals surface area contributed by atoms with Gasteiger partial charge >= 0.3 is 0 Å². The summed E-state index contributed by atoms with van der Waals surface area (Å²) in [6, 6.07) is 7.89. The molecular formula is C12H13NO2S. The first kappa shape index (κ1) is 11.1. The van der Waals surface area contributed by atoms with Crippen LogP contribution in [0.5, 0.6) is 0 Å². The molecule has 3 nitrogen and oxygen atoms in total. The fourth-order valence-corrected chi connectivity index (χ4v) is 1.71. The number of rotatable bonds is 3. The van der Waals surface area contributed by atoms with Gasteiger partial charge in [-0.05, 0) is 18.1 Å². The van der Waals surface area contributed by atoms with E-state index in [4.69, 9.17) is 4.42 Å². The van der Waals surface area contributed by atoms with Gasteiger partial charge in [-0.25, -0.2) is 0 Å². The summed E-state index contributed by atoms with van der Waals surface area (Å²) >= 11 is 3.76. The van der Waals surface area contributed by atoms with Crippen molar-refractivity contribution >= 4 is 28.8 Å². The lowest BCUT2D eigenvalue weighted by Gasteiger charge is -2.12. The monoisotopic (exact) mass is 235 g/mol. The van der Waals surface area contributed by atoms with Crippen LogP contribution in [0.4, 0.5) is 4.79 Å². The van der Waals surface area contributed by atoms with Crippen molar-refractivity contribution < 1.29 is 9.21 Å². The van der Waals surface area contributed by atoms with Crippen LogP contribution in [0.15, 0.2) is 34.9 Å². The Labute approximate surface area is 99.4 Å². The van der Waals surface area contributed by atoms with Crippen LogP contribution in [-0.4, -0.2) is 23.7 Å². The van der Waals surface area contributed by atoms with Gasteiger partial charge in [0, 0.05) is 19.0 Å². The third-order valence-electron chi connectivity index (χ3n) is 2.60. The van der Waals surface area contributed by atoms with E-state index in [2.05, 4.69) is 12.6 Å². The number of para-hydroxylation sites is 1. The number of furan rings is 1. The maximum atomic E-state index is 10.9. The van der Waals surface area contributed by atoms with Gasteiger partial charge in [-0.2, -0.15) is 0 Å². The summed E-state index contributed by atoms with van der Waals surface area (Å²) in [5.41, 5.74) is 2.01. The highest BCUT2D eigenvalue weighted by atomic mass is 32.1. The van der Waals surface area contributed by atoms with Crippen molar-refractivity contribution in [3.05, 3.63) is 36.1 Å². The standard InChI is InChI=1S/C12H13NO2S/c1-13(12(14)16)7-6-9-8-15-11-5-3-2-4-10(9)11/h2-5,8H,6-7H2,1H3,(H,14,16). The molecule has 1 amide bonds. The Bertz CT molecular complexity index is 506. The van der Waals surface area contributed by atoms with E-state index < -0.39 is 0 Å². The van der Waals surface area contributed by atoms with E-state index in [-0.39, 0.29) is 5.24 Å². The molecule has 0 aliphatic heterocycles. The second kappa shape index (κ2) is 4.61. The minimum Gasteiger partial charge on any atom is -0.464 e. The Morgan fingerprint density at radius 3 is 2.94 bits per heavy atom. The molecule has 2 aromatic rings. The molecule has 0 bridgehead atoms. The highest BCUT2D eigenvalue weighted by molar-refractivity contribution is 7.96. The Morgan fingerprint density at radius 1 is 1.44 bits per heavy atom. The average Bonchev–Trinajstić information content (AvgIpc) is 2.69. The molecule has 1 heterocycles. The van der Waals surface area contributed by atoms with Gasteiger partial charge in [0.1, 0.15) is 5.58 Å². The molecule has 0 atom stereocenters. The number of likely N-dealkylation sites (N-methyl/N-ethyl adjacent to an activating group) is 1. The zero-order chi connectivity index (χ0) is 11.5. The zero-order valence-electron chi connectivity index (χ0n) is 9.01. The maximum absolute atomic E-state index is 10.9. The summed E-state index contributed by atoms with van der Waals surface area (Å²) in [5, 5.41) is 0.898. The van der Waals surface area contributed by atoms with Gasteiger partial charge in [-0.15, -0.1) is 0 Å². The quantitative estimate of drug-likeness (QED) is 0.830. The fourth-order valence-electron chi connectivity index (χ4n) is 1.61. The molecule has 0 aliphatic carbocycles. The highest BCUT2D eigenvalue weighted by Crippen LogP contribution is 2.21. The van der Waals surface area contributed by atoms with E-state index >= 15 is 0 Å². The van der Waals surface area contributed by atoms with Crippen molar-refractivity contribution in [3.63, 3.8) is 0 Å². The number of nitrogens with zero attached hydrogens (tertiary/aromatic N) is 1. The van der Waals surface area contributed by atoms with E-state index in [0.717, 1.165) is 23.0 Å². The number of carbonyl (C=O) groups is 1. The summed E-state index contributed by atoms with van der Waals surface area (Å²) in [6.45, 7) is 0.645. The number of benzene rings is 1. The van der Waals surface area contributed by atoms with Gasteiger partial charge in [-0.3, -0.25) is 4.79 Å². The fraction of sp³-hybridized carbons (Fsp3) is 0.250. The largest absolute Gasteiger partial charge is 0.464 e. The van der Waals surface area contributed by atoms with E-state index in [9.17, 15) is 4.79 Å². The molecule has 0 saturated carbocycles. The minimum absolute atomic E-state index is 0.215. The van der Waals surface area contributed by atoms with Crippen LogP contribution in [0.3, 0.4) is 0 Å². The number of carbonyl (C=O) groups excluding carboxylic acids is 1. The number of amides is 1. The predicted octanol–water partition coefficient (Wildman–Crippen LogP) is 2.96. The van der Waals surface area contributed by atoms with Crippen molar-refractivity contribution in [1.29, 1.82) is 0 Å². The molecule has 0 saturated heterocycles. The highest BCUT2D eigenvalue weighted by Gasteiger charge is 2.07. The smallest absolute Gasteiger partial charge is 0.278 e. The topological polar surface area (TPSA) is 33.5 Å². The molecule has 4 heteroatoms. The zero-order valence-corrected chi connectivity index (χ0v) is 9.91. The number of thiol groups is 1. The molecule has 0 spiro atoms. The van der Waals surface area contributed by atoms with Crippen molar-refractivity contribution in [3.8, 4) is 0 Å². The van der Waals surface area contributed by atoms with Crippen LogP contribution in [0, 0.1) is 0 Å². The Balaban J connectivity index is 2.13. The van der Waals surface area contributed by atoms with Gasteiger partial charge in [0.2, 0.25) is 0 Å².